The SMILES string of the molecule is CC(NC1CCN(CC(=O)N(C)C)CC1)c1nc2ccccc2n1C. The topological polar surface area (TPSA) is 53.4 Å². The third kappa shape index (κ3) is 4.02. The van der Waals surface area contributed by atoms with Gasteiger partial charge in [0.15, 0.2) is 0 Å². The molecule has 0 saturated carbocycles. The highest BCUT2D eigenvalue weighted by atomic mass is 16.2. The second-order valence-corrected chi connectivity index (χ2v) is 7.24. The highest BCUT2D eigenvalue weighted by Gasteiger charge is 2.24. The number of aryl methyl sites for hydroxylation is 1. The van der Waals surface area contributed by atoms with E-state index in [2.05, 4.69) is 47.0 Å². The molecule has 6 nitrogen and oxygen atoms in total. The Kier molecular flexibility index (Phi) is 5.39. The fraction of sp³-hybridized carbons (Fsp3) is 0.579. The highest BCUT2D eigenvalue weighted by Crippen LogP contribution is 2.21. The van der Waals surface area contributed by atoms with E-state index < -0.39 is 0 Å². The van der Waals surface area contributed by atoms with Crippen molar-refractivity contribution in [1.82, 2.24) is 24.7 Å². The standard InChI is InChI=1S/C19H29N5O/c1-14(19-21-16-7-5-6-8-17(16)23(19)4)20-15-9-11-24(12-10-15)13-18(25)22(2)3/h5-8,14-15,20H,9-13H2,1-4H3. The summed E-state index contributed by atoms with van der Waals surface area (Å²) >= 11 is 0. The number of aromatic nitrogens is 2. The average molecular weight is 343 g/mol. The van der Waals surface area contributed by atoms with Crippen molar-refractivity contribution in [3.05, 3.63) is 30.1 Å². The second kappa shape index (κ2) is 7.54. The summed E-state index contributed by atoms with van der Waals surface area (Å²) in [6, 6.07) is 8.93. The maximum Gasteiger partial charge on any atom is 0.236 e. The lowest BCUT2D eigenvalue weighted by Crippen LogP contribution is -2.46. The maximum absolute atomic E-state index is 11.8. The van der Waals surface area contributed by atoms with Gasteiger partial charge in [0.2, 0.25) is 5.91 Å². The van der Waals surface area contributed by atoms with Gasteiger partial charge in [0, 0.05) is 40.3 Å². The summed E-state index contributed by atoms with van der Waals surface area (Å²) in [6.07, 6.45) is 2.13. The number of nitrogens with one attached hydrogen (secondary N) is 1. The molecule has 25 heavy (non-hydrogen) atoms. The minimum Gasteiger partial charge on any atom is -0.348 e. The van der Waals surface area contributed by atoms with Crippen molar-refractivity contribution >= 4 is 16.9 Å². The van der Waals surface area contributed by atoms with Crippen LogP contribution in [0.3, 0.4) is 0 Å². The molecule has 136 valence electrons. The van der Waals surface area contributed by atoms with Crippen LogP contribution in [0.5, 0.6) is 0 Å². The van der Waals surface area contributed by atoms with E-state index >= 15 is 0 Å². The van der Waals surface area contributed by atoms with Gasteiger partial charge in [0.1, 0.15) is 5.82 Å². The quantitative estimate of drug-likeness (QED) is 0.899. The van der Waals surface area contributed by atoms with Crippen LogP contribution in [0.2, 0.25) is 0 Å². The Balaban J connectivity index is 1.56. The first-order valence-corrected chi connectivity index (χ1v) is 9.05. The van der Waals surface area contributed by atoms with Crippen LogP contribution < -0.4 is 5.32 Å². The van der Waals surface area contributed by atoms with Crippen molar-refractivity contribution in [2.45, 2.75) is 31.8 Å². The molecule has 1 fully saturated rings. The van der Waals surface area contributed by atoms with E-state index in [0.29, 0.717) is 12.6 Å². The number of carbonyl (C=O) groups is 1. The molecular formula is C19H29N5O. The number of piperidine rings is 1. The molecule has 2 aromatic rings. The molecule has 0 radical (unpaired) electrons. The summed E-state index contributed by atoms with van der Waals surface area (Å²) in [5, 5.41) is 3.73. The lowest BCUT2D eigenvalue weighted by molar-refractivity contribution is -0.130. The van der Waals surface area contributed by atoms with Gasteiger partial charge >= 0.3 is 0 Å². The molecule has 6 heteroatoms. The van der Waals surface area contributed by atoms with Crippen molar-refractivity contribution in [2.75, 3.05) is 33.7 Å². The van der Waals surface area contributed by atoms with Crippen LogP contribution >= 0.6 is 0 Å². The van der Waals surface area contributed by atoms with Gasteiger partial charge < -0.3 is 14.8 Å². The monoisotopic (exact) mass is 343 g/mol. The maximum atomic E-state index is 11.8. The Morgan fingerprint density at radius 1 is 1.32 bits per heavy atom. The Morgan fingerprint density at radius 3 is 2.64 bits per heavy atom. The zero-order chi connectivity index (χ0) is 18.0. The van der Waals surface area contributed by atoms with Crippen LogP contribution in [0, 0.1) is 0 Å². The number of hydrogen-bond donors (Lipinski definition) is 1. The average Bonchev–Trinajstić information content (AvgIpc) is 2.94. The van der Waals surface area contributed by atoms with Gasteiger partial charge in [-0.1, -0.05) is 12.1 Å². The molecular weight excluding hydrogens is 314 g/mol. The molecule has 0 bridgehead atoms. The first-order valence-electron chi connectivity index (χ1n) is 9.05. The van der Waals surface area contributed by atoms with Crippen molar-refractivity contribution < 1.29 is 4.79 Å². The van der Waals surface area contributed by atoms with Crippen LogP contribution in [-0.2, 0) is 11.8 Å². The van der Waals surface area contributed by atoms with Crippen LogP contribution in [0.25, 0.3) is 11.0 Å². The normalized spacial score (nSPS) is 17.8. The van der Waals surface area contributed by atoms with Crippen LogP contribution in [0.15, 0.2) is 24.3 Å². The van der Waals surface area contributed by atoms with E-state index in [-0.39, 0.29) is 11.9 Å². The van der Waals surface area contributed by atoms with Gasteiger partial charge in [-0.05, 0) is 31.9 Å². The molecule has 1 amide bonds. The summed E-state index contributed by atoms with van der Waals surface area (Å²) in [6.45, 7) is 4.64. The van der Waals surface area contributed by atoms with Gasteiger partial charge in [0.25, 0.3) is 0 Å². The third-order valence-electron chi connectivity index (χ3n) is 5.14. The number of likely N-dealkylation sites (N-methyl/N-ethyl adjacent to an activating group) is 1. The zero-order valence-corrected chi connectivity index (χ0v) is 15.7. The summed E-state index contributed by atoms with van der Waals surface area (Å²) in [5.41, 5.74) is 2.22. The van der Waals surface area contributed by atoms with Crippen molar-refractivity contribution in [1.29, 1.82) is 0 Å². The van der Waals surface area contributed by atoms with E-state index in [1.54, 1.807) is 4.90 Å². The molecule has 1 atom stereocenters. The molecule has 3 rings (SSSR count). The van der Waals surface area contributed by atoms with Crippen molar-refractivity contribution in [3.63, 3.8) is 0 Å². The predicted octanol–water partition coefficient (Wildman–Crippen LogP) is 1.78. The number of amides is 1. The number of para-hydroxylation sites is 2. The lowest BCUT2D eigenvalue weighted by atomic mass is 10.0. The molecule has 1 aliphatic heterocycles. The van der Waals surface area contributed by atoms with Crippen LogP contribution in [0.4, 0.5) is 0 Å². The van der Waals surface area contributed by atoms with Gasteiger partial charge in [-0.15, -0.1) is 0 Å². The molecule has 1 aromatic heterocycles. The smallest absolute Gasteiger partial charge is 0.236 e. The third-order valence-corrected chi connectivity index (χ3v) is 5.14. The Bertz CT molecular complexity index is 730. The minimum absolute atomic E-state index is 0.180. The number of likely N-dealkylation sites (tertiary alicyclic amines) is 1. The van der Waals surface area contributed by atoms with Gasteiger partial charge in [-0.3, -0.25) is 9.69 Å². The summed E-state index contributed by atoms with van der Waals surface area (Å²) in [4.78, 5) is 20.5. The predicted molar refractivity (Wildman–Crippen MR) is 100 cm³/mol. The zero-order valence-electron chi connectivity index (χ0n) is 15.7. The van der Waals surface area contributed by atoms with Crippen LogP contribution in [0.1, 0.15) is 31.6 Å². The Hall–Kier alpha value is -1.92. The van der Waals surface area contributed by atoms with E-state index in [1.807, 2.05) is 20.2 Å². The fourth-order valence-electron chi connectivity index (χ4n) is 3.57. The number of benzene rings is 1. The van der Waals surface area contributed by atoms with E-state index in [1.165, 1.54) is 5.52 Å². The number of imidazole rings is 1. The van der Waals surface area contributed by atoms with Crippen LogP contribution in [-0.4, -0.2) is 65.0 Å². The molecule has 1 aliphatic rings. The molecule has 0 aliphatic carbocycles. The van der Waals surface area contributed by atoms with Gasteiger partial charge in [0.05, 0.1) is 23.6 Å². The Labute approximate surface area is 149 Å². The summed E-state index contributed by atoms with van der Waals surface area (Å²) in [5.74, 6) is 1.26. The molecule has 1 N–H and O–H groups in total. The first-order chi connectivity index (χ1) is 12.0. The van der Waals surface area contributed by atoms with Crippen molar-refractivity contribution in [3.8, 4) is 0 Å². The largest absolute Gasteiger partial charge is 0.348 e. The molecule has 0 spiro atoms. The Morgan fingerprint density at radius 2 is 2.00 bits per heavy atom. The molecule has 1 unspecified atom stereocenters. The summed E-state index contributed by atoms with van der Waals surface area (Å²) < 4.78 is 2.18. The summed E-state index contributed by atoms with van der Waals surface area (Å²) in [7, 11) is 5.71. The highest BCUT2D eigenvalue weighted by molar-refractivity contribution is 5.77. The number of fused-ring (bicyclic) bond motifs is 1. The molecule has 2 heterocycles. The number of rotatable bonds is 5. The number of carbonyl (C=O) groups excluding carboxylic acids is 1. The molecule has 1 saturated heterocycles. The number of hydrogen-bond acceptors (Lipinski definition) is 4. The fourth-order valence-corrected chi connectivity index (χ4v) is 3.57. The molecule has 1 aromatic carbocycles. The van der Waals surface area contributed by atoms with E-state index in [9.17, 15) is 4.79 Å². The van der Waals surface area contributed by atoms with E-state index in [4.69, 9.17) is 4.98 Å². The van der Waals surface area contributed by atoms with Gasteiger partial charge in [-0.2, -0.15) is 0 Å². The minimum atomic E-state index is 0.180. The number of nitrogens with zero attached hydrogens (tertiary/aromatic N) is 4. The van der Waals surface area contributed by atoms with Gasteiger partial charge in [-0.25, -0.2) is 4.98 Å². The first kappa shape index (κ1) is 17.9. The lowest BCUT2D eigenvalue weighted by Gasteiger charge is -2.33. The second-order valence-electron chi connectivity index (χ2n) is 7.24. The van der Waals surface area contributed by atoms with Crippen molar-refractivity contribution in [2.24, 2.45) is 7.05 Å². The van der Waals surface area contributed by atoms with E-state index in [0.717, 1.165) is 37.3 Å².